The summed E-state index contributed by atoms with van der Waals surface area (Å²) in [5.41, 5.74) is 18.3. The number of anilines is 8. The fourth-order valence-corrected chi connectivity index (χ4v) is 15.5. The van der Waals surface area contributed by atoms with E-state index in [2.05, 4.69) is 214 Å². The Hall–Kier alpha value is -6.34. The molecule has 10 aromatic rings. The molecular formula is C61H52BN3S2. The van der Waals surface area contributed by atoms with E-state index in [9.17, 15) is 0 Å². The lowest BCUT2D eigenvalue weighted by atomic mass is 9.33. The van der Waals surface area contributed by atoms with Crippen molar-refractivity contribution in [2.75, 3.05) is 14.7 Å². The third-order valence-corrected chi connectivity index (χ3v) is 18.9. The Morgan fingerprint density at radius 3 is 2.00 bits per heavy atom. The van der Waals surface area contributed by atoms with E-state index >= 15 is 0 Å². The first-order chi connectivity index (χ1) is 32.5. The number of para-hydroxylation sites is 1. The van der Waals surface area contributed by atoms with Crippen molar-refractivity contribution in [2.24, 2.45) is 0 Å². The van der Waals surface area contributed by atoms with Gasteiger partial charge in [0, 0.05) is 80.9 Å². The van der Waals surface area contributed by atoms with Crippen molar-refractivity contribution in [1.29, 1.82) is 0 Å². The lowest BCUT2D eigenvalue weighted by Gasteiger charge is -2.50. The van der Waals surface area contributed by atoms with Crippen molar-refractivity contribution >= 4 is 132 Å². The fraction of sp³-hybridized carbons (Fsp3) is 0.213. The van der Waals surface area contributed by atoms with Gasteiger partial charge in [0.25, 0.3) is 6.71 Å². The van der Waals surface area contributed by atoms with Crippen LogP contribution in [0.3, 0.4) is 0 Å². The predicted molar refractivity (Wildman–Crippen MR) is 292 cm³/mol. The number of hydrogen-bond donors (Lipinski definition) is 0. The summed E-state index contributed by atoms with van der Waals surface area (Å²) in [6, 6.07) is 61.2. The number of fused-ring (bicyclic) bond motifs is 13. The SMILES string of the molecule is Cc1cc2c3c(c1)N(c1cccc4c1sc1ccccc14)c1cc(N4c5ccccc5C5(C)CCCCC45C)ccc1B3c1cc(C(C)(C)C)ccc1N2c1ccc2c(c1)sc1ccccc12. The minimum Gasteiger partial charge on any atom is -0.334 e. The highest BCUT2D eigenvalue weighted by Crippen LogP contribution is 2.61. The maximum atomic E-state index is 2.76. The molecule has 1 saturated carbocycles. The second kappa shape index (κ2) is 13.9. The van der Waals surface area contributed by atoms with Crippen molar-refractivity contribution < 1.29 is 0 Å². The first-order valence-corrected chi connectivity index (χ1v) is 25.9. The molecule has 1 fully saturated rings. The summed E-state index contributed by atoms with van der Waals surface area (Å²) in [5, 5.41) is 5.29. The highest BCUT2D eigenvalue weighted by Gasteiger charge is 2.58. The summed E-state index contributed by atoms with van der Waals surface area (Å²) in [7, 11) is 0. The number of benzene rings is 8. The van der Waals surface area contributed by atoms with Crippen LogP contribution in [-0.4, -0.2) is 12.3 Å². The molecule has 0 radical (unpaired) electrons. The van der Waals surface area contributed by atoms with E-state index in [1.54, 1.807) is 0 Å². The van der Waals surface area contributed by atoms with E-state index in [0.29, 0.717) is 0 Å². The molecule has 326 valence electrons. The molecule has 3 aliphatic heterocycles. The summed E-state index contributed by atoms with van der Waals surface area (Å²) in [5.74, 6) is 0. The molecule has 4 aliphatic rings. The van der Waals surface area contributed by atoms with Crippen LogP contribution in [-0.2, 0) is 10.8 Å². The van der Waals surface area contributed by atoms with E-state index < -0.39 is 0 Å². The van der Waals surface area contributed by atoms with Gasteiger partial charge in [-0.3, -0.25) is 0 Å². The number of hydrogen-bond acceptors (Lipinski definition) is 5. The number of nitrogens with zero attached hydrogens (tertiary/aromatic N) is 3. The number of thiophene rings is 2. The second-order valence-electron chi connectivity index (χ2n) is 21.3. The number of rotatable bonds is 3. The molecule has 67 heavy (non-hydrogen) atoms. The van der Waals surface area contributed by atoms with Gasteiger partial charge in [0.2, 0.25) is 0 Å². The molecular weight excluding hydrogens is 850 g/mol. The van der Waals surface area contributed by atoms with Crippen LogP contribution in [0.4, 0.5) is 45.5 Å². The molecule has 2 atom stereocenters. The fourth-order valence-electron chi connectivity index (χ4n) is 13.1. The van der Waals surface area contributed by atoms with E-state index in [-0.39, 0.29) is 23.1 Å². The Balaban J connectivity index is 1.07. The highest BCUT2D eigenvalue weighted by atomic mass is 32.1. The van der Waals surface area contributed by atoms with Gasteiger partial charge in [-0.15, -0.1) is 22.7 Å². The lowest BCUT2D eigenvalue weighted by Crippen LogP contribution is -2.61. The van der Waals surface area contributed by atoms with Crippen molar-refractivity contribution in [1.82, 2.24) is 0 Å². The molecule has 3 nitrogen and oxygen atoms in total. The van der Waals surface area contributed by atoms with Gasteiger partial charge < -0.3 is 14.7 Å². The third-order valence-electron chi connectivity index (χ3n) is 16.6. The average Bonchev–Trinajstić information content (AvgIpc) is 3.96. The number of aryl methyl sites for hydroxylation is 1. The second-order valence-corrected chi connectivity index (χ2v) is 23.4. The zero-order chi connectivity index (χ0) is 45.1. The average molecular weight is 902 g/mol. The Labute approximate surface area is 402 Å². The van der Waals surface area contributed by atoms with Crippen molar-refractivity contribution in [2.45, 2.75) is 83.6 Å². The summed E-state index contributed by atoms with van der Waals surface area (Å²) >= 11 is 3.82. The summed E-state index contributed by atoms with van der Waals surface area (Å²) in [4.78, 5) is 8.03. The summed E-state index contributed by atoms with van der Waals surface area (Å²) in [6.07, 6.45) is 4.90. The molecule has 8 aromatic carbocycles. The van der Waals surface area contributed by atoms with Crippen LogP contribution in [0.25, 0.3) is 40.3 Å². The Morgan fingerprint density at radius 2 is 1.18 bits per heavy atom. The zero-order valence-electron chi connectivity index (χ0n) is 39.1. The van der Waals surface area contributed by atoms with E-state index in [0.717, 1.165) is 0 Å². The predicted octanol–water partition coefficient (Wildman–Crippen LogP) is 15.9. The molecule has 0 bridgehead atoms. The minimum absolute atomic E-state index is 0.0236. The molecule has 14 rings (SSSR count). The minimum atomic E-state index is -0.0507. The van der Waals surface area contributed by atoms with Gasteiger partial charge in [-0.05, 0) is 132 Å². The first kappa shape index (κ1) is 39.8. The largest absolute Gasteiger partial charge is 0.334 e. The normalized spacial score (nSPS) is 19.6. The highest BCUT2D eigenvalue weighted by molar-refractivity contribution is 7.26. The van der Waals surface area contributed by atoms with Gasteiger partial charge in [0.05, 0.1) is 15.9 Å². The third kappa shape index (κ3) is 5.40. The Bertz CT molecular complexity index is 3740. The van der Waals surface area contributed by atoms with E-state index in [1.165, 1.54) is 145 Å². The van der Waals surface area contributed by atoms with Crippen LogP contribution in [0.5, 0.6) is 0 Å². The smallest absolute Gasteiger partial charge is 0.252 e. The quantitative estimate of drug-likeness (QED) is 0.164. The molecule has 2 aromatic heterocycles. The summed E-state index contributed by atoms with van der Waals surface area (Å²) < 4.78 is 5.30. The van der Waals surface area contributed by atoms with Crippen LogP contribution >= 0.6 is 22.7 Å². The van der Waals surface area contributed by atoms with Crippen molar-refractivity contribution in [3.05, 3.63) is 174 Å². The molecule has 0 saturated heterocycles. The lowest BCUT2D eigenvalue weighted by molar-refractivity contribution is 0.195. The van der Waals surface area contributed by atoms with Crippen LogP contribution in [0, 0.1) is 6.92 Å². The molecule has 5 heterocycles. The standard InChI is InChI=1S/C61H52BN3S2/c1-37-32-52-57-53(33-37)64(50-21-15-18-44-42-17-8-12-23-55(42)67-58(44)50)51-35-40(65-48-20-10-9-19-45(48)60(5)30-13-14-31-61(60,65)6)26-28-46(51)62(57)47-34-38(59(2,3)4)24-29-49(47)63(52)39-25-27-43-41-16-7-11-22-54(41)66-56(43)36-39/h7-12,15-29,32-36H,13-14,30-31H2,1-6H3. The van der Waals surface area contributed by atoms with Crippen LogP contribution in [0.1, 0.15) is 77.0 Å². The van der Waals surface area contributed by atoms with Gasteiger partial charge in [-0.25, -0.2) is 0 Å². The summed E-state index contributed by atoms with van der Waals surface area (Å²) in [6.45, 7) is 14.5. The van der Waals surface area contributed by atoms with E-state index in [1.807, 2.05) is 22.7 Å². The van der Waals surface area contributed by atoms with Gasteiger partial charge in [0.15, 0.2) is 0 Å². The van der Waals surface area contributed by atoms with Gasteiger partial charge in [-0.1, -0.05) is 132 Å². The van der Waals surface area contributed by atoms with Crippen molar-refractivity contribution in [3.8, 4) is 0 Å². The van der Waals surface area contributed by atoms with Crippen LogP contribution < -0.4 is 31.1 Å². The van der Waals surface area contributed by atoms with Crippen LogP contribution in [0.15, 0.2) is 158 Å². The molecule has 6 heteroatoms. The van der Waals surface area contributed by atoms with Crippen molar-refractivity contribution in [3.63, 3.8) is 0 Å². The molecule has 1 aliphatic carbocycles. The van der Waals surface area contributed by atoms with Gasteiger partial charge in [-0.2, -0.15) is 0 Å². The first-order valence-electron chi connectivity index (χ1n) is 24.2. The van der Waals surface area contributed by atoms with E-state index in [4.69, 9.17) is 0 Å². The maximum absolute atomic E-state index is 2.76. The molecule has 0 spiro atoms. The zero-order valence-corrected chi connectivity index (χ0v) is 40.7. The topological polar surface area (TPSA) is 9.72 Å². The maximum Gasteiger partial charge on any atom is 0.252 e. The molecule has 0 N–H and O–H groups in total. The molecule has 2 unspecified atom stereocenters. The van der Waals surface area contributed by atoms with Crippen LogP contribution in [0.2, 0.25) is 0 Å². The molecule has 0 amide bonds. The Kier molecular flexibility index (Phi) is 8.24. The van der Waals surface area contributed by atoms with Gasteiger partial charge in [0.1, 0.15) is 0 Å². The monoisotopic (exact) mass is 901 g/mol. The Morgan fingerprint density at radius 1 is 0.507 bits per heavy atom. The van der Waals surface area contributed by atoms with Gasteiger partial charge >= 0.3 is 0 Å².